The molecule has 0 aliphatic heterocycles. The maximum Gasteiger partial charge on any atom is -0.0171 e. The lowest BCUT2D eigenvalue weighted by Gasteiger charge is -2.07. The van der Waals surface area contributed by atoms with E-state index in [0.717, 1.165) is 0 Å². The lowest BCUT2D eigenvalue weighted by molar-refractivity contribution is 1.67. The molecule has 0 aliphatic carbocycles. The minimum absolute atomic E-state index is 1.23. The van der Waals surface area contributed by atoms with E-state index in [0.29, 0.717) is 0 Å². The largest absolute Gasteiger partial charge is 0.0538 e. The summed E-state index contributed by atoms with van der Waals surface area (Å²) in [5.41, 5.74) is 2.48. The van der Waals surface area contributed by atoms with Crippen LogP contribution in [-0.4, -0.2) is 0 Å². The Kier molecular flexibility index (Phi) is 2.89. The molecular weight excluding hydrogens is 288 g/mol. The van der Waals surface area contributed by atoms with Crippen LogP contribution in [0.25, 0.3) is 43.4 Å². The molecule has 5 aromatic rings. The smallest absolute Gasteiger partial charge is 0.0171 e. The first-order valence-electron chi connectivity index (χ1n) is 8.11. The topological polar surface area (TPSA) is 0 Å². The van der Waals surface area contributed by atoms with Gasteiger partial charge in [-0.3, -0.25) is 0 Å². The Labute approximate surface area is 141 Å². The third-order valence-corrected chi connectivity index (χ3v) is 4.66. The number of hydrogen-bond donors (Lipinski definition) is 0. The summed E-state index contributed by atoms with van der Waals surface area (Å²) in [6.07, 6.45) is 0. The highest BCUT2D eigenvalue weighted by Gasteiger charge is 2.03. The van der Waals surface area contributed by atoms with Crippen LogP contribution in [0.1, 0.15) is 0 Å². The Morgan fingerprint density at radius 3 is 1.75 bits per heavy atom. The maximum atomic E-state index is 3.16. The van der Waals surface area contributed by atoms with Crippen molar-refractivity contribution in [2.24, 2.45) is 0 Å². The van der Waals surface area contributed by atoms with E-state index in [1.165, 1.54) is 43.4 Å². The zero-order valence-corrected chi connectivity index (χ0v) is 13.1. The number of hydrogen-bond acceptors (Lipinski definition) is 0. The minimum Gasteiger partial charge on any atom is -0.0538 e. The summed E-state index contributed by atoms with van der Waals surface area (Å²) in [4.78, 5) is 0. The van der Waals surface area contributed by atoms with Gasteiger partial charge < -0.3 is 0 Å². The zero-order valence-electron chi connectivity index (χ0n) is 13.1. The van der Waals surface area contributed by atoms with Crippen LogP contribution in [0.3, 0.4) is 0 Å². The molecule has 24 heavy (non-hydrogen) atoms. The molecule has 0 unspecified atom stereocenters. The molecule has 110 valence electrons. The molecule has 0 fully saturated rings. The van der Waals surface area contributed by atoms with Crippen LogP contribution in [0.5, 0.6) is 0 Å². The minimum atomic E-state index is 1.23. The van der Waals surface area contributed by atoms with Gasteiger partial charge >= 0.3 is 0 Å². The van der Waals surface area contributed by atoms with Crippen molar-refractivity contribution in [3.63, 3.8) is 0 Å². The molecule has 2 radical (unpaired) electrons. The van der Waals surface area contributed by atoms with Crippen molar-refractivity contribution in [2.75, 3.05) is 0 Å². The van der Waals surface area contributed by atoms with Gasteiger partial charge in [0.1, 0.15) is 0 Å². The Balaban J connectivity index is 1.71. The second-order valence-electron chi connectivity index (χ2n) is 6.18. The Bertz CT molecular complexity index is 1200. The highest BCUT2D eigenvalue weighted by atomic mass is 14.1. The SMILES string of the molecule is [c]1ccc2ccc(-c3ccc4cc5cc[c]cc5cc4c3)cc2c1. The molecule has 0 atom stereocenters. The van der Waals surface area contributed by atoms with E-state index in [9.17, 15) is 0 Å². The molecule has 0 amide bonds. The molecule has 0 bridgehead atoms. The summed E-state index contributed by atoms with van der Waals surface area (Å²) < 4.78 is 0. The fourth-order valence-corrected chi connectivity index (χ4v) is 3.36. The van der Waals surface area contributed by atoms with E-state index in [1.807, 2.05) is 24.3 Å². The molecule has 0 nitrogen and oxygen atoms in total. The first-order chi connectivity index (χ1) is 11.9. The van der Waals surface area contributed by atoms with E-state index in [4.69, 9.17) is 0 Å². The number of benzene rings is 5. The molecule has 5 aromatic carbocycles. The Morgan fingerprint density at radius 2 is 0.958 bits per heavy atom. The highest BCUT2D eigenvalue weighted by Crippen LogP contribution is 2.29. The van der Waals surface area contributed by atoms with Gasteiger partial charge in [-0.1, -0.05) is 48.5 Å². The lowest BCUT2D eigenvalue weighted by atomic mass is 9.97. The lowest BCUT2D eigenvalue weighted by Crippen LogP contribution is -1.81. The average molecular weight is 302 g/mol. The summed E-state index contributed by atoms with van der Waals surface area (Å²) in [6.45, 7) is 0. The van der Waals surface area contributed by atoms with Crippen LogP contribution >= 0.6 is 0 Å². The summed E-state index contributed by atoms with van der Waals surface area (Å²) in [7, 11) is 0. The molecule has 0 aromatic heterocycles. The van der Waals surface area contributed by atoms with Gasteiger partial charge in [0.05, 0.1) is 0 Å². The summed E-state index contributed by atoms with van der Waals surface area (Å²) in [6, 6.07) is 36.4. The van der Waals surface area contributed by atoms with Crippen molar-refractivity contribution in [1.82, 2.24) is 0 Å². The van der Waals surface area contributed by atoms with Crippen molar-refractivity contribution < 1.29 is 0 Å². The van der Waals surface area contributed by atoms with Crippen molar-refractivity contribution in [3.8, 4) is 11.1 Å². The fraction of sp³-hybridized carbons (Fsp3) is 0. The van der Waals surface area contributed by atoms with E-state index >= 15 is 0 Å². The molecule has 0 saturated carbocycles. The van der Waals surface area contributed by atoms with Gasteiger partial charge in [-0.15, -0.1) is 0 Å². The maximum absolute atomic E-state index is 3.16. The van der Waals surface area contributed by atoms with Gasteiger partial charge in [-0.05, 0) is 92.0 Å². The summed E-state index contributed by atoms with van der Waals surface area (Å²) >= 11 is 0. The van der Waals surface area contributed by atoms with Crippen molar-refractivity contribution >= 4 is 32.3 Å². The highest BCUT2D eigenvalue weighted by molar-refractivity contribution is 6.00. The first-order valence-corrected chi connectivity index (χ1v) is 8.11. The van der Waals surface area contributed by atoms with Crippen molar-refractivity contribution in [2.45, 2.75) is 0 Å². The molecule has 0 aliphatic rings. The van der Waals surface area contributed by atoms with Crippen LogP contribution in [0.15, 0.2) is 84.9 Å². The van der Waals surface area contributed by atoms with Gasteiger partial charge in [0, 0.05) is 0 Å². The monoisotopic (exact) mass is 302 g/mol. The molecule has 5 rings (SSSR count). The predicted octanol–water partition coefficient (Wildman–Crippen LogP) is 6.41. The summed E-state index contributed by atoms with van der Waals surface area (Å²) in [5, 5.41) is 7.50. The average Bonchev–Trinajstić information content (AvgIpc) is 2.65. The van der Waals surface area contributed by atoms with Gasteiger partial charge in [-0.25, -0.2) is 0 Å². The van der Waals surface area contributed by atoms with E-state index in [2.05, 4.69) is 72.8 Å². The van der Waals surface area contributed by atoms with Crippen LogP contribution < -0.4 is 0 Å². The van der Waals surface area contributed by atoms with E-state index in [1.54, 1.807) is 0 Å². The molecular formula is C24H14. The third-order valence-electron chi connectivity index (χ3n) is 4.66. The van der Waals surface area contributed by atoms with Crippen molar-refractivity contribution in [1.29, 1.82) is 0 Å². The Morgan fingerprint density at radius 1 is 0.417 bits per heavy atom. The Hall–Kier alpha value is -3.12. The van der Waals surface area contributed by atoms with Gasteiger partial charge in [-0.2, -0.15) is 0 Å². The molecule has 0 N–H and O–H groups in total. The van der Waals surface area contributed by atoms with Crippen LogP contribution in [0.4, 0.5) is 0 Å². The number of fused-ring (bicyclic) bond motifs is 3. The quantitative estimate of drug-likeness (QED) is 0.314. The summed E-state index contributed by atoms with van der Waals surface area (Å²) in [5.74, 6) is 0. The second-order valence-corrected chi connectivity index (χ2v) is 6.18. The first kappa shape index (κ1) is 13.3. The molecule has 0 spiro atoms. The molecule has 0 heterocycles. The molecule has 0 heteroatoms. The third kappa shape index (κ3) is 2.16. The zero-order chi connectivity index (χ0) is 15.9. The van der Waals surface area contributed by atoms with Gasteiger partial charge in [0.15, 0.2) is 0 Å². The normalized spacial score (nSPS) is 11.3. The van der Waals surface area contributed by atoms with E-state index in [-0.39, 0.29) is 0 Å². The number of rotatable bonds is 1. The van der Waals surface area contributed by atoms with Gasteiger partial charge in [0.2, 0.25) is 0 Å². The predicted molar refractivity (Wildman–Crippen MR) is 102 cm³/mol. The fourth-order valence-electron chi connectivity index (χ4n) is 3.36. The van der Waals surface area contributed by atoms with Crippen LogP contribution in [0, 0.1) is 12.1 Å². The van der Waals surface area contributed by atoms with E-state index < -0.39 is 0 Å². The molecule has 0 saturated heterocycles. The van der Waals surface area contributed by atoms with Gasteiger partial charge in [0.25, 0.3) is 0 Å². The van der Waals surface area contributed by atoms with Crippen LogP contribution in [0.2, 0.25) is 0 Å². The standard InChI is InChI=1S/C24H14/c1-2-6-18-13-21(10-9-17(18)5-1)22-11-12-23-14-19-7-3-4-8-20(19)15-24(23)16-22/h1,3,5-16H. The van der Waals surface area contributed by atoms with Crippen molar-refractivity contribution in [3.05, 3.63) is 97.1 Å². The second kappa shape index (κ2) is 5.21. The van der Waals surface area contributed by atoms with Crippen LogP contribution in [-0.2, 0) is 0 Å².